The van der Waals surface area contributed by atoms with Crippen LogP contribution < -0.4 is 5.73 Å². The van der Waals surface area contributed by atoms with Crippen LogP contribution in [0.1, 0.15) is 10.4 Å². The number of esters is 1. The molecule has 0 saturated heterocycles. The van der Waals surface area contributed by atoms with Crippen molar-refractivity contribution in [3.8, 4) is 5.75 Å². The molecule has 0 saturated carbocycles. The van der Waals surface area contributed by atoms with Gasteiger partial charge in [-0.05, 0) is 18.2 Å². The molecule has 0 fully saturated rings. The Morgan fingerprint density at radius 3 is 2.62 bits per heavy atom. The molecule has 72 valence electrons. The van der Waals surface area contributed by atoms with E-state index < -0.39 is 5.97 Å². The normalized spacial score (nSPS) is 8.69. The standard InChI is InChI=1S/C8H9NO3.ClH/c1-12-8(11)5-2-3-6(9)7(10)4-5;/h2-4,10H,9H2,1H3;1H. The van der Waals surface area contributed by atoms with Crippen molar-refractivity contribution in [2.45, 2.75) is 0 Å². The lowest BCUT2D eigenvalue weighted by Crippen LogP contribution is -2.01. The first-order valence-electron chi connectivity index (χ1n) is 3.32. The molecule has 0 aliphatic carbocycles. The molecule has 0 aliphatic rings. The second kappa shape index (κ2) is 4.57. The summed E-state index contributed by atoms with van der Waals surface area (Å²) in [5, 5.41) is 9.11. The number of ether oxygens (including phenoxy) is 1. The van der Waals surface area contributed by atoms with E-state index in [9.17, 15) is 4.79 Å². The van der Waals surface area contributed by atoms with E-state index >= 15 is 0 Å². The van der Waals surface area contributed by atoms with Crippen molar-refractivity contribution in [3.05, 3.63) is 23.8 Å². The highest BCUT2D eigenvalue weighted by Crippen LogP contribution is 2.20. The summed E-state index contributed by atoms with van der Waals surface area (Å²) in [6.45, 7) is 0. The summed E-state index contributed by atoms with van der Waals surface area (Å²) < 4.78 is 4.44. The maximum atomic E-state index is 10.9. The summed E-state index contributed by atoms with van der Waals surface area (Å²) in [4.78, 5) is 10.9. The Balaban J connectivity index is 0.00000144. The van der Waals surface area contributed by atoms with Gasteiger partial charge in [-0.15, -0.1) is 12.4 Å². The third kappa shape index (κ3) is 2.52. The van der Waals surface area contributed by atoms with Gasteiger partial charge in [0.15, 0.2) is 0 Å². The van der Waals surface area contributed by atoms with Crippen LogP contribution in [-0.2, 0) is 4.74 Å². The molecule has 0 unspecified atom stereocenters. The number of anilines is 1. The van der Waals surface area contributed by atoms with Crippen LogP contribution in [0.3, 0.4) is 0 Å². The van der Waals surface area contributed by atoms with Crippen LogP contribution in [-0.4, -0.2) is 18.2 Å². The molecule has 0 heterocycles. The van der Waals surface area contributed by atoms with Gasteiger partial charge in [-0.2, -0.15) is 0 Å². The molecule has 0 bridgehead atoms. The van der Waals surface area contributed by atoms with Gasteiger partial charge in [-0.1, -0.05) is 0 Å². The molecule has 0 aromatic heterocycles. The topological polar surface area (TPSA) is 72.5 Å². The minimum atomic E-state index is -0.495. The summed E-state index contributed by atoms with van der Waals surface area (Å²) in [6.07, 6.45) is 0. The monoisotopic (exact) mass is 203 g/mol. The molecular formula is C8H10ClNO3. The number of nitrogens with two attached hydrogens (primary N) is 1. The lowest BCUT2D eigenvalue weighted by Gasteiger charge is -2.01. The quantitative estimate of drug-likeness (QED) is 0.409. The summed E-state index contributed by atoms with van der Waals surface area (Å²) in [6, 6.07) is 4.20. The number of methoxy groups -OCH3 is 1. The summed E-state index contributed by atoms with van der Waals surface area (Å²) >= 11 is 0. The van der Waals surface area contributed by atoms with E-state index in [4.69, 9.17) is 10.8 Å². The first-order valence-corrected chi connectivity index (χ1v) is 3.32. The van der Waals surface area contributed by atoms with Gasteiger partial charge in [-0.25, -0.2) is 4.79 Å². The van der Waals surface area contributed by atoms with E-state index in [1.54, 1.807) is 0 Å². The molecule has 5 heteroatoms. The van der Waals surface area contributed by atoms with Crippen molar-refractivity contribution in [3.63, 3.8) is 0 Å². The Morgan fingerprint density at radius 1 is 1.54 bits per heavy atom. The molecule has 1 aromatic rings. The largest absolute Gasteiger partial charge is 0.506 e. The third-order valence-electron chi connectivity index (χ3n) is 1.45. The lowest BCUT2D eigenvalue weighted by atomic mass is 10.2. The second-order valence-corrected chi connectivity index (χ2v) is 2.27. The molecule has 3 N–H and O–H groups in total. The molecule has 4 nitrogen and oxygen atoms in total. The van der Waals surface area contributed by atoms with E-state index in [1.807, 2.05) is 0 Å². The fourth-order valence-corrected chi connectivity index (χ4v) is 0.788. The molecule has 0 atom stereocenters. The average molecular weight is 204 g/mol. The van der Waals surface area contributed by atoms with Gasteiger partial charge in [0.05, 0.1) is 18.4 Å². The summed E-state index contributed by atoms with van der Waals surface area (Å²) in [7, 11) is 1.27. The predicted molar refractivity (Wildman–Crippen MR) is 51.1 cm³/mol. The van der Waals surface area contributed by atoms with Crippen LogP contribution in [0.4, 0.5) is 5.69 Å². The number of benzene rings is 1. The number of nitrogen functional groups attached to an aromatic ring is 1. The summed E-state index contributed by atoms with van der Waals surface area (Å²) in [5.74, 6) is -0.608. The Labute approximate surface area is 81.7 Å². The smallest absolute Gasteiger partial charge is 0.337 e. The van der Waals surface area contributed by atoms with Gasteiger partial charge < -0.3 is 15.6 Å². The molecule has 0 amide bonds. The minimum absolute atomic E-state index is 0. The highest BCUT2D eigenvalue weighted by Gasteiger charge is 2.06. The second-order valence-electron chi connectivity index (χ2n) is 2.27. The van der Waals surface area contributed by atoms with E-state index in [2.05, 4.69) is 4.74 Å². The Kier molecular flexibility index (Phi) is 4.07. The number of halogens is 1. The van der Waals surface area contributed by atoms with Crippen LogP contribution in [0.5, 0.6) is 5.75 Å². The molecule has 0 spiro atoms. The maximum Gasteiger partial charge on any atom is 0.337 e. The molecule has 0 aliphatic heterocycles. The lowest BCUT2D eigenvalue weighted by molar-refractivity contribution is 0.0600. The number of rotatable bonds is 1. The predicted octanol–water partition coefficient (Wildman–Crippen LogP) is 1.18. The SMILES string of the molecule is COC(=O)c1ccc(N)c(O)c1.Cl. The van der Waals surface area contributed by atoms with Crippen molar-refractivity contribution >= 4 is 24.1 Å². The van der Waals surface area contributed by atoms with Crippen molar-refractivity contribution < 1.29 is 14.6 Å². The van der Waals surface area contributed by atoms with Crippen molar-refractivity contribution in [2.24, 2.45) is 0 Å². The fraction of sp³-hybridized carbons (Fsp3) is 0.125. The number of hydrogen-bond donors (Lipinski definition) is 2. The van der Waals surface area contributed by atoms with Crippen LogP contribution in [0.15, 0.2) is 18.2 Å². The minimum Gasteiger partial charge on any atom is -0.506 e. The number of aromatic hydroxyl groups is 1. The molecule has 1 rings (SSSR count). The zero-order valence-corrected chi connectivity index (χ0v) is 7.80. The number of carbonyl (C=O) groups excluding carboxylic acids is 1. The number of carbonyl (C=O) groups is 1. The molecule has 13 heavy (non-hydrogen) atoms. The number of phenols is 1. The van der Waals surface area contributed by atoms with E-state index in [0.29, 0.717) is 0 Å². The van der Waals surface area contributed by atoms with Crippen molar-refractivity contribution in [2.75, 3.05) is 12.8 Å². The van der Waals surface area contributed by atoms with Crippen LogP contribution in [0.25, 0.3) is 0 Å². The molecule has 0 radical (unpaired) electrons. The Bertz CT molecular complexity index is 314. The van der Waals surface area contributed by atoms with Gasteiger partial charge in [0.2, 0.25) is 0 Å². The van der Waals surface area contributed by atoms with E-state index in [-0.39, 0.29) is 29.4 Å². The first kappa shape index (κ1) is 11.6. The van der Waals surface area contributed by atoms with Gasteiger partial charge >= 0.3 is 5.97 Å². The van der Waals surface area contributed by atoms with Crippen LogP contribution in [0.2, 0.25) is 0 Å². The first-order chi connectivity index (χ1) is 5.65. The zero-order chi connectivity index (χ0) is 9.14. The average Bonchev–Trinajstić information content (AvgIpc) is 2.08. The molecular weight excluding hydrogens is 194 g/mol. The van der Waals surface area contributed by atoms with E-state index in [1.165, 1.54) is 25.3 Å². The maximum absolute atomic E-state index is 10.9. The van der Waals surface area contributed by atoms with Gasteiger partial charge in [0.25, 0.3) is 0 Å². The van der Waals surface area contributed by atoms with Gasteiger partial charge in [0, 0.05) is 0 Å². The van der Waals surface area contributed by atoms with E-state index in [0.717, 1.165) is 0 Å². The number of hydrogen-bond acceptors (Lipinski definition) is 4. The Hall–Kier alpha value is -1.42. The number of phenolic OH excluding ortho intramolecular Hbond substituents is 1. The van der Waals surface area contributed by atoms with Crippen LogP contribution in [0, 0.1) is 0 Å². The Morgan fingerprint density at radius 2 is 2.15 bits per heavy atom. The van der Waals surface area contributed by atoms with Gasteiger partial charge in [-0.3, -0.25) is 0 Å². The van der Waals surface area contributed by atoms with Gasteiger partial charge in [0.1, 0.15) is 5.75 Å². The van der Waals surface area contributed by atoms with Crippen molar-refractivity contribution in [1.82, 2.24) is 0 Å². The highest BCUT2D eigenvalue weighted by atomic mass is 35.5. The third-order valence-corrected chi connectivity index (χ3v) is 1.45. The molecule has 1 aromatic carbocycles. The van der Waals surface area contributed by atoms with Crippen molar-refractivity contribution in [1.29, 1.82) is 0 Å². The van der Waals surface area contributed by atoms with Crippen LogP contribution >= 0.6 is 12.4 Å². The highest BCUT2D eigenvalue weighted by molar-refractivity contribution is 5.90. The summed E-state index contributed by atoms with van der Waals surface area (Å²) in [5.41, 5.74) is 5.85. The fourth-order valence-electron chi connectivity index (χ4n) is 0.788. The zero-order valence-electron chi connectivity index (χ0n) is 6.98.